The van der Waals surface area contributed by atoms with Gasteiger partial charge in [-0.3, -0.25) is 14.5 Å². The summed E-state index contributed by atoms with van der Waals surface area (Å²) in [6, 6.07) is 9.61. The summed E-state index contributed by atoms with van der Waals surface area (Å²) in [5.41, 5.74) is 1.04. The number of carbonyl (C=O) groups excluding carboxylic acids is 1. The third-order valence-electron chi connectivity index (χ3n) is 3.42. The van der Waals surface area contributed by atoms with Gasteiger partial charge in [0.25, 0.3) is 5.91 Å². The molecule has 5 heteroatoms. The van der Waals surface area contributed by atoms with E-state index >= 15 is 0 Å². The quantitative estimate of drug-likeness (QED) is 0.624. The summed E-state index contributed by atoms with van der Waals surface area (Å²) in [4.78, 5) is 19.6. The van der Waals surface area contributed by atoms with Crippen molar-refractivity contribution in [1.29, 1.82) is 0 Å². The Bertz CT molecular complexity index is 427. The highest BCUT2D eigenvalue weighted by atomic mass is 35.5. The predicted molar refractivity (Wildman–Crippen MR) is 74.7 cm³/mol. The number of hydrogen-bond acceptors (Lipinski definition) is 3. The highest BCUT2D eigenvalue weighted by Gasteiger charge is 2.36. The lowest BCUT2D eigenvalue weighted by Crippen LogP contribution is -2.43. The number of alkyl halides is 1. The molecule has 1 heterocycles. The molecule has 2 rings (SSSR count). The summed E-state index contributed by atoms with van der Waals surface area (Å²) < 4.78 is 0. The molecule has 4 nitrogen and oxygen atoms in total. The van der Waals surface area contributed by atoms with Crippen LogP contribution in [0.3, 0.4) is 0 Å². The van der Waals surface area contributed by atoms with E-state index in [0.717, 1.165) is 12.1 Å². The van der Waals surface area contributed by atoms with Gasteiger partial charge in [-0.05, 0) is 19.0 Å². The van der Waals surface area contributed by atoms with Gasteiger partial charge in [-0.15, -0.1) is 11.6 Å². The van der Waals surface area contributed by atoms with Gasteiger partial charge < -0.3 is 0 Å². The summed E-state index contributed by atoms with van der Waals surface area (Å²) in [6.45, 7) is 1.19. The third-order valence-corrected chi connectivity index (χ3v) is 3.73. The van der Waals surface area contributed by atoms with Crippen LogP contribution in [0.25, 0.3) is 0 Å². The smallest absolute Gasteiger partial charge is 0.263 e. The van der Waals surface area contributed by atoms with Crippen molar-refractivity contribution in [2.75, 3.05) is 20.7 Å². The molecular weight excluding hydrogens is 264 g/mol. The molecule has 0 spiro atoms. The topological polar surface area (TPSA) is 32.8 Å². The van der Waals surface area contributed by atoms with E-state index < -0.39 is 0 Å². The minimum Gasteiger partial charge on any atom is -0.293 e. The monoisotopic (exact) mass is 282 g/mol. The van der Waals surface area contributed by atoms with Crippen LogP contribution in [0.4, 0.5) is 0 Å². The van der Waals surface area contributed by atoms with E-state index in [1.54, 1.807) is 0 Å². The Hall–Kier alpha value is -1.10. The van der Waals surface area contributed by atoms with Crippen LogP contribution < -0.4 is 0 Å². The van der Waals surface area contributed by atoms with Crippen molar-refractivity contribution >= 4 is 17.5 Å². The van der Waals surface area contributed by atoms with Gasteiger partial charge in [0.2, 0.25) is 0 Å². The van der Waals surface area contributed by atoms with E-state index in [1.807, 2.05) is 42.3 Å². The van der Waals surface area contributed by atoms with Crippen LogP contribution in [0.1, 0.15) is 12.0 Å². The van der Waals surface area contributed by atoms with Crippen molar-refractivity contribution in [1.82, 2.24) is 9.96 Å². The number of carbonyl (C=O) groups is 1. The van der Waals surface area contributed by atoms with Crippen molar-refractivity contribution in [2.24, 2.45) is 0 Å². The number of likely N-dealkylation sites (N-methyl/N-ethyl adjacent to an activating group) is 1. The molecule has 0 aliphatic carbocycles. The first-order valence-corrected chi connectivity index (χ1v) is 6.79. The minimum atomic E-state index is -0.189. The summed E-state index contributed by atoms with van der Waals surface area (Å²) in [5, 5.41) is 1.44. The lowest BCUT2D eigenvalue weighted by atomic mass is 10.2. The Balaban J connectivity index is 2.03. The van der Waals surface area contributed by atoms with Crippen molar-refractivity contribution in [3.05, 3.63) is 35.9 Å². The molecule has 2 atom stereocenters. The molecule has 0 saturated carbocycles. The van der Waals surface area contributed by atoms with E-state index in [9.17, 15) is 4.79 Å². The van der Waals surface area contributed by atoms with Crippen LogP contribution in [0.15, 0.2) is 30.3 Å². The number of likely N-dealkylation sites (tertiary alicyclic amines) is 1. The highest BCUT2D eigenvalue weighted by Crippen LogP contribution is 2.22. The molecule has 1 aliphatic heterocycles. The number of benzene rings is 1. The first-order chi connectivity index (χ1) is 9.11. The van der Waals surface area contributed by atoms with Crippen molar-refractivity contribution in [2.45, 2.75) is 24.4 Å². The molecule has 0 radical (unpaired) electrons. The second kappa shape index (κ2) is 6.37. The Kier molecular flexibility index (Phi) is 4.80. The van der Waals surface area contributed by atoms with E-state index in [0.29, 0.717) is 13.0 Å². The van der Waals surface area contributed by atoms with E-state index in [-0.39, 0.29) is 17.3 Å². The van der Waals surface area contributed by atoms with Gasteiger partial charge in [-0.2, -0.15) is 0 Å². The van der Waals surface area contributed by atoms with Gasteiger partial charge >= 0.3 is 0 Å². The molecule has 1 fully saturated rings. The van der Waals surface area contributed by atoms with Crippen LogP contribution in [0.5, 0.6) is 0 Å². The molecule has 0 N–H and O–H groups in total. The Morgan fingerprint density at radius 2 is 2.16 bits per heavy atom. The summed E-state index contributed by atoms with van der Waals surface area (Å²) in [5.74, 6) is -0.0306. The van der Waals surface area contributed by atoms with Gasteiger partial charge in [-0.1, -0.05) is 30.3 Å². The molecule has 0 bridgehead atoms. The number of rotatable bonds is 4. The maximum absolute atomic E-state index is 12.4. The molecule has 0 aromatic heterocycles. The number of halogens is 1. The van der Waals surface area contributed by atoms with Crippen molar-refractivity contribution < 1.29 is 9.63 Å². The van der Waals surface area contributed by atoms with Gasteiger partial charge in [-0.25, -0.2) is 5.06 Å². The molecule has 1 amide bonds. The number of nitrogens with zero attached hydrogens (tertiary/aromatic N) is 2. The Morgan fingerprint density at radius 1 is 1.47 bits per heavy atom. The van der Waals surface area contributed by atoms with Gasteiger partial charge in [0.15, 0.2) is 0 Å². The average Bonchev–Trinajstić information content (AvgIpc) is 2.75. The maximum Gasteiger partial charge on any atom is 0.263 e. The van der Waals surface area contributed by atoms with E-state index in [4.69, 9.17) is 16.4 Å². The van der Waals surface area contributed by atoms with Gasteiger partial charge in [0.05, 0.1) is 19.7 Å². The van der Waals surface area contributed by atoms with Crippen LogP contribution in [0, 0.1) is 0 Å². The molecule has 104 valence electrons. The largest absolute Gasteiger partial charge is 0.293 e. The first-order valence-electron chi connectivity index (χ1n) is 6.35. The number of hydrogen-bond donors (Lipinski definition) is 0. The van der Waals surface area contributed by atoms with Crippen molar-refractivity contribution in [3.8, 4) is 0 Å². The molecule has 1 aliphatic rings. The predicted octanol–water partition coefficient (Wildman–Crippen LogP) is 1.89. The van der Waals surface area contributed by atoms with Crippen molar-refractivity contribution in [3.63, 3.8) is 0 Å². The summed E-state index contributed by atoms with van der Waals surface area (Å²) in [6.07, 6.45) is 0.672. The fourth-order valence-electron chi connectivity index (χ4n) is 2.37. The molecule has 1 aromatic carbocycles. The third kappa shape index (κ3) is 3.47. The average molecular weight is 283 g/mol. The summed E-state index contributed by atoms with van der Waals surface area (Å²) >= 11 is 6.10. The van der Waals surface area contributed by atoms with Gasteiger partial charge in [0, 0.05) is 11.9 Å². The molecule has 19 heavy (non-hydrogen) atoms. The minimum absolute atomic E-state index is 0.0306. The maximum atomic E-state index is 12.4. The van der Waals surface area contributed by atoms with Crippen LogP contribution >= 0.6 is 11.6 Å². The van der Waals surface area contributed by atoms with Crippen LogP contribution in [-0.4, -0.2) is 48.0 Å². The fraction of sp³-hybridized carbons (Fsp3) is 0.500. The standard InChI is InChI=1S/C14H19ClN2O2/c1-16-10-12(15)8-13(16)14(18)17(19-2)9-11-6-4-3-5-7-11/h3-7,12-13H,8-10H2,1-2H3/t12?,13-/m0/s1. The molecule has 1 saturated heterocycles. The summed E-state index contributed by atoms with van der Waals surface area (Å²) in [7, 11) is 3.44. The highest BCUT2D eigenvalue weighted by molar-refractivity contribution is 6.21. The molecule has 1 unspecified atom stereocenters. The first kappa shape index (κ1) is 14.3. The number of amides is 1. The molecule has 1 aromatic rings. The molecular formula is C14H19ClN2O2. The second-order valence-corrected chi connectivity index (χ2v) is 5.45. The lowest BCUT2D eigenvalue weighted by Gasteiger charge is -2.26. The zero-order chi connectivity index (χ0) is 13.8. The zero-order valence-electron chi connectivity index (χ0n) is 11.3. The SMILES string of the molecule is CON(Cc1ccccc1)C(=O)[C@@H]1CC(Cl)CN1C. The van der Waals surface area contributed by atoms with Crippen LogP contribution in [-0.2, 0) is 16.2 Å². The van der Waals surface area contributed by atoms with Gasteiger partial charge in [0.1, 0.15) is 0 Å². The Labute approximate surface area is 118 Å². The Morgan fingerprint density at radius 3 is 2.68 bits per heavy atom. The van der Waals surface area contributed by atoms with E-state index in [1.165, 1.54) is 12.2 Å². The fourth-order valence-corrected chi connectivity index (χ4v) is 2.76. The number of hydroxylamine groups is 2. The normalized spacial score (nSPS) is 23.5. The van der Waals surface area contributed by atoms with E-state index in [2.05, 4.69) is 0 Å². The second-order valence-electron chi connectivity index (χ2n) is 4.83. The lowest BCUT2D eigenvalue weighted by molar-refractivity contribution is -0.183. The zero-order valence-corrected chi connectivity index (χ0v) is 12.0. The van der Waals surface area contributed by atoms with Crippen LogP contribution in [0.2, 0.25) is 0 Å².